The zero-order valence-electron chi connectivity index (χ0n) is 10.8. The van der Waals surface area contributed by atoms with E-state index in [4.69, 9.17) is 5.73 Å². The monoisotopic (exact) mass is 258 g/mol. The Bertz CT molecular complexity index is 704. The molecular formula is C13H14N4O2. The molecule has 0 saturated carbocycles. The van der Waals surface area contributed by atoms with Gasteiger partial charge in [-0.2, -0.15) is 0 Å². The van der Waals surface area contributed by atoms with Crippen LogP contribution in [0.2, 0.25) is 0 Å². The number of likely N-dealkylation sites (tertiary alicyclic amines) is 1. The Labute approximate surface area is 109 Å². The highest BCUT2D eigenvalue weighted by Gasteiger charge is 2.38. The lowest BCUT2D eigenvalue weighted by Crippen LogP contribution is -2.27. The molecule has 6 heteroatoms. The summed E-state index contributed by atoms with van der Waals surface area (Å²) in [6, 6.07) is 4.88. The van der Waals surface area contributed by atoms with Gasteiger partial charge in [0, 0.05) is 12.7 Å². The summed E-state index contributed by atoms with van der Waals surface area (Å²) >= 11 is 0. The molecule has 2 amide bonds. The fourth-order valence-corrected chi connectivity index (χ4v) is 2.57. The minimum Gasteiger partial charge on any atom is -0.399 e. The van der Waals surface area contributed by atoms with E-state index < -0.39 is 6.04 Å². The van der Waals surface area contributed by atoms with E-state index in [9.17, 15) is 9.59 Å². The highest BCUT2D eigenvalue weighted by molar-refractivity contribution is 6.04. The average Bonchev–Trinajstić information content (AvgIpc) is 2.80. The molecule has 98 valence electrons. The number of rotatable bonds is 1. The molecule has 2 N–H and O–H groups in total. The van der Waals surface area contributed by atoms with Gasteiger partial charge in [-0.1, -0.05) is 0 Å². The third-order valence-corrected chi connectivity index (χ3v) is 3.56. The quantitative estimate of drug-likeness (QED) is 0.607. The number of nitrogens with two attached hydrogens (primary N) is 1. The summed E-state index contributed by atoms with van der Waals surface area (Å²) in [6.45, 7) is 1.83. The van der Waals surface area contributed by atoms with E-state index in [0.717, 1.165) is 11.0 Å². The van der Waals surface area contributed by atoms with Gasteiger partial charge in [-0.3, -0.25) is 14.5 Å². The lowest BCUT2D eigenvalue weighted by Gasteiger charge is -2.13. The number of aromatic nitrogens is 2. The molecule has 6 nitrogen and oxygen atoms in total. The first-order chi connectivity index (χ1) is 8.99. The predicted molar refractivity (Wildman–Crippen MR) is 70.3 cm³/mol. The number of likely N-dealkylation sites (N-methyl/N-ethyl adjacent to an activating group) is 1. The van der Waals surface area contributed by atoms with Crippen LogP contribution in [0, 0.1) is 6.92 Å². The number of benzene rings is 1. The van der Waals surface area contributed by atoms with E-state index in [1.165, 1.54) is 11.9 Å². The molecule has 1 atom stereocenters. The number of imidazole rings is 1. The van der Waals surface area contributed by atoms with Crippen LogP contribution in [0.15, 0.2) is 18.2 Å². The zero-order valence-corrected chi connectivity index (χ0v) is 10.8. The SMILES string of the molecule is Cc1nc2cc(N)ccc2n1C1CC(=O)N(C)C1=O. The highest BCUT2D eigenvalue weighted by Crippen LogP contribution is 2.29. The van der Waals surface area contributed by atoms with Crippen LogP contribution in [0.5, 0.6) is 0 Å². The van der Waals surface area contributed by atoms with E-state index in [0.29, 0.717) is 11.5 Å². The van der Waals surface area contributed by atoms with Crippen molar-refractivity contribution in [1.82, 2.24) is 14.5 Å². The van der Waals surface area contributed by atoms with Crippen LogP contribution in [0.25, 0.3) is 11.0 Å². The first-order valence-corrected chi connectivity index (χ1v) is 6.03. The summed E-state index contributed by atoms with van der Waals surface area (Å²) in [5.41, 5.74) is 7.93. The van der Waals surface area contributed by atoms with Crippen molar-refractivity contribution in [3.8, 4) is 0 Å². The van der Waals surface area contributed by atoms with Crippen molar-refractivity contribution in [2.45, 2.75) is 19.4 Å². The molecule has 19 heavy (non-hydrogen) atoms. The number of imide groups is 1. The fraction of sp³-hybridized carbons (Fsp3) is 0.308. The maximum Gasteiger partial charge on any atom is 0.252 e. The van der Waals surface area contributed by atoms with E-state index >= 15 is 0 Å². The smallest absolute Gasteiger partial charge is 0.252 e. The molecule has 1 aromatic heterocycles. The second-order valence-corrected chi connectivity index (χ2v) is 4.79. The molecule has 0 bridgehead atoms. The van der Waals surface area contributed by atoms with Gasteiger partial charge in [0.25, 0.3) is 5.91 Å². The van der Waals surface area contributed by atoms with E-state index in [-0.39, 0.29) is 18.2 Å². The second kappa shape index (κ2) is 3.81. The molecule has 2 heterocycles. The molecule has 1 aliphatic heterocycles. The number of nitrogen functional groups attached to an aromatic ring is 1. The molecule has 1 unspecified atom stereocenters. The van der Waals surface area contributed by atoms with Crippen LogP contribution in [-0.2, 0) is 9.59 Å². The van der Waals surface area contributed by atoms with Gasteiger partial charge in [0.2, 0.25) is 5.91 Å². The Morgan fingerprint density at radius 3 is 2.74 bits per heavy atom. The molecule has 1 aliphatic rings. The number of amides is 2. The molecule has 0 aliphatic carbocycles. The first kappa shape index (κ1) is 11.7. The standard InChI is InChI=1S/C13H14N4O2/c1-7-15-9-5-8(14)3-4-10(9)17(7)11-6-12(18)16(2)13(11)19/h3-5,11H,6,14H2,1-2H3. The lowest BCUT2D eigenvalue weighted by atomic mass is 10.2. The van der Waals surface area contributed by atoms with Crippen molar-refractivity contribution in [1.29, 1.82) is 0 Å². The molecule has 1 saturated heterocycles. The average molecular weight is 258 g/mol. The number of anilines is 1. The summed E-state index contributed by atoms with van der Waals surface area (Å²) in [4.78, 5) is 29.3. The van der Waals surface area contributed by atoms with Crippen molar-refractivity contribution in [2.24, 2.45) is 0 Å². The predicted octanol–water partition coefficient (Wildman–Crippen LogP) is 0.857. The zero-order chi connectivity index (χ0) is 13.7. The van der Waals surface area contributed by atoms with Gasteiger partial charge >= 0.3 is 0 Å². The van der Waals surface area contributed by atoms with Crippen molar-refractivity contribution >= 4 is 28.5 Å². The maximum atomic E-state index is 12.1. The number of hydrogen-bond acceptors (Lipinski definition) is 4. The minimum atomic E-state index is -0.494. The van der Waals surface area contributed by atoms with Crippen molar-refractivity contribution < 1.29 is 9.59 Å². The van der Waals surface area contributed by atoms with Gasteiger partial charge in [-0.15, -0.1) is 0 Å². The van der Waals surface area contributed by atoms with Crippen molar-refractivity contribution in [2.75, 3.05) is 12.8 Å². The summed E-state index contributed by atoms with van der Waals surface area (Å²) in [5.74, 6) is 0.359. The fourth-order valence-electron chi connectivity index (χ4n) is 2.57. The normalized spacial score (nSPS) is 19.7. The van der Waals surface area contributed by atoms with Gasteiger partial charge in [0.05, 0.1) is 17.5 Å². The summed E-state index contributed by atoms with van der Waals surface area (Å²) < 4.78 is 1.82. The van der Waals surface area contributed by atoms with Crippen molar-refractivity contribution in [3.63, 3.8) is 0 Å². The second-order valence-electron chi connectivity index (χ2n) is 4.79. The number of carbonyl (C=O) groups excluding carboxylic acids is 2. The molecule has 0 spiro atoms. The topological polar surface area (TPSA) is 81.2 Å². The van der Waals surface area contributed by atoms with Gasteiger partial charge in [0.1, 0.15) is 11.9 Å². The Balaban J connectivity index is 2.18. The van der Waals surface area contributed by atoms with Crippen molar-refractivity contribution in [3.05, 3.63) is 24.0 Å². The van der Waals surface area contributed by atoms with Crippen LogP contribution in [0.4, 0.5) is 5.69 Å². The van der Waals surface area contributed by atoms with Gasteiger partial charge in [-0.05, 0) is 25.1 Å². The summed E-state index contributed by atoms with van der Waals surface area (Å²) in [6.07, 6.45) is 0.187. The number of fused-ring (bicyclic) bond motifs is 1. The van der Waals surface area contributed by atoms with E-state index in [2.05, 4.69) is 4.98 Å². The Kier molecular flexibility index (Phi) is 2.35. The molecule has 2 aromatic rings. The van der Waals surface area contributed by atoms with E-state index in [1.54, 1.807) is 12.1 Å². The van der Waals surface area contributed by atoms with E-state index in [1.807, 2.05) is 17.6 Å². The third kappa shape index (κ3) is 1.60. The molecular weight excluding hydrogens is 244 g/mol. The first-order valence-electron chi connectivity index (χ1n) is 6.03. The van der Waals surface area contributed by atoms with Crippen LogP contribution in [-0.4, -0.2) is 33.3 Å². The highest BCUT2D eigenvalue weighted by atomic mass is 16.2. The number of aryl methyl sites for hydroxylation is 1. The number of carbonyl (C=O) groups is 2. The molecule has 0 radical (unpaired) electrons. The van der Waals surface area contributed by atoms with Crippen LogP contribution < -0.4 is 5.73 Å². The van der Waals surface area contributed by atoms with Crippen LogP contribution in [0.3, 0.4) is 0 Å². The Morgan fingerprint density at radius 1 is 1.37 bits per heavy atom. The van der Waals surface area contributed by atoms with Crippen LogP contribution >= 0.6 is 0 Å². The molecule has 1 fully saturated rings. The number of hydrogen-bond donors (Lipinski definition) is 1. The molecule has 3 rings (SSSR count). The van der Waals surface area contributed by atoms with Gasteiger partial charge in [-0.25, -0.2) is 4.98 Å². The Morgan fingerprint density at radius 2 is 2.11 bits per heavy atom. The minimum absolute atomic E-state index is 0.160. The summed E-state index contributed by atoms with van der Waals surface area (Å²) in [7, 11) is 1.51. The van der Waals surface area contributed by atoms with Crippen LogP contribution in [0.1, 0.15) is 18.3 Å². The van der Waals surface area contributed by atoms with Gasteiger partial charge in [0.15, 0.2) is 0 Å². The maximum absolute atomic E-state index is 12.1. The summed E-state index contributed by atoms with van der Waals surface area (Å²) in [5, 5.41) is 0. The van der Waals surface area contributed by atoms with Gasteiger partial charge < -0.3 is 10.3 Å². The largest absolute Gasteiger partial charge is 0.399 e. The Hall–Kier alpha value is -2.37. The molecule has 1 aromatic carbocycles. The number of nitrogens with zero attached hydrogens (tertiary/aromatic N) is 3. The third-order valence-electron chi connectivity index (χ3n) is 3.56. The lowest BCUT2D eigenvalue weighted by molar-refractivity contribution is -0.137.